The number of aryl methyl sites for hydroxylation is 2. The number of hydrogen-bond donors (Lipinski definition) is 1. The van der Waals surface area contributed by atoms with Crippen LogP contribution >= 0.6 is 0 Å². The molecule has 2 rings (SSSR count). The van der Waals surface area contributed by atoms with Crippen LogP contribution in [0.4, 0.5) is 0 Å². The quantitative estimate of drug-likeness (QED) is 0.910. The second kappa shape index (κ2) is 6.64. The van der Waals surface area contributed by atoms with E-state index in [4.69, 9.17) is 9.47 Å². The van der Waals surface area contributed by atoms with E-state index in [0.717, 1.165) is 17.1 Å². The summed E-state index contributed by atoms with van der Waals surface area (Å²) in [5, 5.41) is 3.38. The van der Waals surface area contributed by atoms with Crippen molar-refractivity contribution in [1.82, 2.24) is 5.32 Å². The Morgan fingerprint density at radius 3 is 2.14 bits per heavy atom. The maximum Gasteiger partial charge on any atom is 0.165 e. The monoisotopic (exact) mass is 285 g/mol. The molecule has 1 N–H and O–H groups in total. The molecular weight excluding hydrogens is 262 g/mol. The number of nitrogens with one attached hydrogen (secondary N) is 1. The van der Waals surface area contributed by atoms with Gasteiger partial charge in [0.05, 0.1) is 20.3 Å². The van der Waals surface area contributed by atoms with Gasteiger partial charge < -0.3 is 14.8 Å². The standard InChI is InChI=1S/C18H23NO2/c1-12-9-13(2)11-14(10-12)17(19-3)15-7-6-8-16(20-4)18(15)21-5/h6-11,17,19H,1-5H3. The molecule has 21 heavy (non-hydrogen) atoms. The Morgan fingerprint density at radius 1 is 0.952 bits per heavy atom. The van der Waals surface area contributed by atoms with Crippen LogP contribution in [-0.2, 0) is 0 Å². The molecule has 0 bridgehead atoms. The van der Waals surface area contributed by atoms with E-state index in [0.29, 0.717) is 0 Å². The van der Waals surface area contributed by atoms with Crippen LogP contribution in [0, 0.1) is 13.8 Å². The van der Waals surface area contributed by atoms with E-state index in [9.17, 15) is 0 Å². The maximum absolute atomic E-state index is 5.57. The lowest BCUT2D eigenvalue weighted by Gasteiger charge is -2.22. The van der Waals surface area contributed by atoms with Crippen molar-refractivity contribution in [2.45, 2.75) is 19.9 Å². The van der Waals surface area contributed by atoms with E-state index in [1.807, 2.05) is 19.2 Å². The number of hydrogen-bond acceptors (Lipinski definition) is 3. The number of methoxy groups -OCH3 is 2. The van der Waals surface area contributed by atoms with Crippen molar-refractivity contribution in [1.29, 1.82) is 0 Å². The van der Waals surface area contributed by atoms with E-state index in [1.165, 1.54) is 16.7 Å². The largest absolute Gasteiger partial charge is 0.493 e. The Hall–Kier alpha value is -2.00. The molecule has 3 heteroatoms. The van der Waals surface area contributed by atoms with Crippen molar-refractivity contribution in [3.63, 3.8) is 0 Å². The summed E-state index contributed by atoms with van der Waals surface area (Å²) in [7, 11) is 5.30. The molecule has 0 aliphatic heterocycles. The third kappa shape index (κ3) is 3.19. The van der Waals surface area contributed by atoms with Crippen molar-refractivity contribution < 1.29 is 9.47 Å². The second-order valence-corrected chi connectivity index (χ2v) is 5.23. The molecule has 2 aromatic rings. The molecule has 0 aliphatic carbocycles. The van der Waals surface area contributed by atoms with E-state index in [1.54, 1.807) is 14.2 Å². The molecule has 1 unspecified atom stereocenters. The third-order valence-electron chi connectivity index (χ3n) is 3.61. The van der Waals surface area contributed by atoms with Gasteiger partial charge in [-0.3, -0.25) is 0 Å². The molecule has 0 spiro atoms. The normalized spacial score (nSPS) is 12.0. The van der Waals surface area contributed by atoms with Crippen LogP contribution in [0.5, 0.6) is 11.5 Å². The first-order valence-corrected chi connectivity index (χ1v) is 7.07. The summed E-state index contributed by atoms with van der Waals surface area (Å²) in [6.07, 6.45) is 0. The summed E-state index contributed by atoms with van der Waals surface area (Å²) in [5.74, 6) is 1.53. The minimum atomic E-state index is 0.0636. The number of ether oxygens (including phenoxy) is 2. The summed E-state index contributed by atoms with van der Waals surface area (Å²) in [5.41, 5.74) is 4.81. The molecule has 0 heterocycles. The summed E-state index contributed by atoms with van der Waals surface area (Å²) in [6, 6.07) is 12.6. The zero-order valence-electron chi connectivity index (χ0n) is 13.4. The van der Waals surface area contributed by atoms with Crippen LogP contribution in [-0.4, -0.2) is 21.3 Å². The third-order valence-corrected chi connectivity index (χ3v) is 3.61. The highest BCUT2D eigenvalue weighted by molar-refractivity contribution is 5.51. The molecule has 0 aromatic heterocycles. The SMILES string of the molecule is CNC(c1cc(C)cc(C)c1)c1cccc(OC)c1OC. The number of rotatable bonds is 5. The molecule has 0 amide bonds. The minimum Gasteiger partial charge on any atom is -0.493 e. The first-order chi connectivity index (χ1) is 10.1. The van der Waals surface area contributed by atoms with Crippen molar-refractivity contribution in [3.05, 3.63) is 58.7 Å². The zero-order valence-corrected chi connectivity index (χ0v) is 13.4. The molecule has 0 saturated carbocycles. The lowest BCUT2D eigenvalue weighted by Crippen LogP contribution is -2.19. The maximum atomic E-state index is 5.57. The molecule has 112 valence electrons. The summed E-state index contributed by atoms with van der Waals surface area (Å²) in [4.78, 5) is 0. The summed E-state index contributed by atoms with van der Waals surface area (Å²) in [6.45, 7) is 4.23. The first-order valence-electron chi connectivity index (χ1n) is 7.07. The van der Waals surface area contributed by atoms with Crippen molar-refractivity contribution in [2.24, 2.45) is 0 Å². The summed E-state index contributed by atoms with van der Waals surface area (Å²) < 4.78 is 11.0. The topological polar surface area (TPSA) is 30.5 Å². The van der Waals surface area contributed by atoms with Gasteiger partial charge in [0.2, 0.25) is 0 Å². The van der Waals surface area contributed by atoms with Gasteiger partial charge in [-0.15, -0.1) is 0 Å². The molecule has 1 atom stereocenters. The van der Waals surface area contributed by atoms with Gasteiger partial charge in [0.25, 0.3) is 0 Å². The van der Waals surface area contributed by atoms with Crippen molar-refractivity contribution in [2.75, 3.05) is 21.3 Å². The fourth-order valence-corrected chi connectivity index (χ4v) is 2.82. The van der Waals surface area contributed by atoms with Gasteiger partial charge >= 0.3 is 0 Å². The smallest absolute Gasteiger partial charge is 0.165 e. The van der Waals surface area contributed by atoms with Crippen LogP contribution < -0.4 is 14.8 Å². The second-order valence-electron chi connectivity index (χ2n) is 5.23. The Labute approximate surface area is 126 Å². The van der Waals surface area contributed by atoms with Gasteiger partial charge in [-0.25, -0.2) is 0 Å². The number of benzene rings is 2. The highest BCUT2D eigenvalue weighted by Gasteiger charge is 2.19. The van der Waals surface area contributed by atoms with Crippen molar-refractivity contribution >= 4 is 0 Å². The predicted octanol–water partition coefficient (Wildman–Crippen LogP) is 3.63. The molecular formula is C18H23NO2. The molecule has 3 nitrogen and oxygen atoms in total. The highest BCUT2D eigenvalue weighted by Crippen LogP contribution is 2.37. The Kier molecular flexibility index (Phi) is 4.86. The average Bonchev–Trinajstić information content (AvgIpc) is 2.46. The molecule has 0 saturated heterocycles. The lowest BCUT2D eigenvalue weighted by atomic mass is 9.95. The van der Waals surface area contributed by atoms with Crippen molar-refractivity contribution in [3.8, 4) is 11.5 Å². The lowest BCUT2D eigenvalue weighted by molar-refractivity contribution is 0.349. The Morgan fingerprint density at radius 2 is 1.62 bits per heavy atom. The average molecular weight is 285 g/mol. The van der Waals surface area contributed by atoms with E-state index >= 15 is 0 Å². The van der Waals surface area contributed by atoms with Crippen LogP contribution in [0.25, 0.3) is 0 Å². The first kappa shape index (κ1) is 15.4. The van der Waals surface area contributed by atoms with Gasteiger partial charge in [0, 0.05) is 5.56 Å². The van der Waals surface area contributed by atoms with E-state index < -0.39 is 0 Å². The fraction of sp³-hybridized carbons (Fsp3) is 0.333. The van der Waals surface area contributed by atoms with E-state index in [2.05, 4.69) is 43.4 Å². The van der Waals surface area contributed by atoms with Gasteiger partial charge in [-0.1, -0.05) is 41.5 Å². The summed E-state index contributed by atoms with van der Waals surface area (Å²) >= 11 is 0. The van der Waals surface area contributed by atoms with Crippen LogP contribution in [0.15, 0.2) is 36.4 Å². The van der Waals surface area contributed by atoms with Crippen LogP contribution in [0.2, 0.25) is 0 Å². The molecule has 0 fully saturated rings. The molecule has 2 aromatic carbocycles. The fourth-order valence-electron chi connectivity index (χ4n) is 2.82. The van der Waals surface area contributed by atoms with Gasteiger partial charge in [0.15, 0.2) is 11.5 Å². The molecule has 0 radical (unpaired) electrons. The highest BCUT2D eigenvalue weighted by atomic mass is 16.5. The predicted molar refractivity (Wildman–Crippen MR) is 86.4 cm³/mol. The van der Waals surface area contributed by atoms with E-state index in [-0.39, 0.29) is 6.04 Å². The van der Waals surface area contributed by atoms with Crippen LogP contribution in [0.1, 0.15) is 28.3 Å². The van der Waals surface area contributed by atoms with Gasteiger partial charge in [0.1, 0.15) is 0 Å². The van der Waals surface area contributed by atoms with Crippen LogP contribution in [0.3, 0.4) is 0 Å². The van der Waals surface area contributed by atoms with Gasteiger partial charge in [-0.2, -0.15) is 0 Å². The van der Waals surface area contributed by atoms with Gasteiger partial charge in [-0.05, 0) is 32.5 Å². The zero-order chi connectivity index (χ0) is 15.4. The minimum absolute atomic E-state index is 0.0636. The Balaban J connectivity index is 2.56. The number of para-hydroxylation sites is 1. The molecule has 0 aliphatic rings. The Bertz CT molecular complexity index is 602.